The van der Waals surface area contributed by atoms with Crippen molar-refractivity contribution in [2.24, 2.45) is 0 Å². The topological polar surface area (TPSA) is 32.3 Å². The fourth-order valence-electron chi connectivity index (χ4n) is 2.60. The highest BCUT2D eigenvalue weighted by Gasteiger charge is 2.50. The molecule has 0 saturated heterocycles. The molecule has 0 atom stereocenters. The van der Waals surface area contributed by atoms with Crippen molar-refractivity contribution in [3.63, 3.8) is 0 Å². The average Bonchev–Trinajstić information content (AvgIpc) is 2.14. The molecule has 1 amide bonds. The minimum absolute atomic E-state index is 0.107. The van der Waals surface area contributed by atoms with E-state index in [2.05, 4.69) is 10.2 Å². The largest absolute Gasteiger partial charge is 0.359 e. The molecule has 0 radical (unpaired) electrons. The summed E-state index contributed by atoms with van der Waals surface area (Å²) in [5.74, 6) is 0.107. The third kappa shape index (κ3) is 1.12. The Hall–Kier alpha value is -1.22. The molecule has 0 aromatic heterocycles. The summed E-state index contributed by atoms with van der Waals surface area (Å²) in [4.78, 5) is 14.2. The van der Waals surface area contributed by atoms with Gasteiger partial charge in [0.2, 0.25) is 5.91 Å². The number of likely N-dealkylation sites (N-methyl/N-ethyl adjacent to an activating group) is 1. The Bertz CT molecular complexity index is 468. The second-order valence-electron chi connectivity index (χ2n) is 4.56. The second kappa shape index (κ2) is 3.14. The van der Waals surface area contributed by atoms with Gasteiger partial charge in [-0.25, -0.2) is 0 Å². The van der Waals surface area contributed by atoms with Crippen molar-refractivity contribution in [1.82, 2.24) is 0 Å². The molecule has 1 N–H and O–H groups in total. The van der Waals surface area contributed by atoms with Gasteiger partial charge in [0.15, 0.2) is 0 Å². The summed E-state index contributed by atoms with van der Waals surface area (Å²) in [6.07, 6.45) is 3.01. The number of benzene rings is 1. The molecule has 1 fully saturated rings. The summed E-state index contributed by atoms with van der Waals surface area (Å²) in [6, 6.07) is 5.63. The lowest BCUT2D eigenvalue weighted by atomic mass is 9.73. The predicted molar refractivity (Wildman–Crippen MR) is 65.1 cm³/mol. The molecular formula is C12H13ClN2O. The van der Waals surface area contributed by atoms with Crippen LogP contribution in [0, 0.1) is 0 Å². The molecule has 84 valence electrons. The first-order chi connectivity index (χ1) is 7.63. The highest BCUT2D eigenvalue weighted by Crippen LogP contribution is 2.46. The van der Waals surface area contributed by atoms with E-state index in [1.807, 2.05) is 19.2 Å². The zero-order valence-electron chi connectivity index (χ0n) is 9.09. The SMILES string of the molecule is CN1c2ccc(Cl)cc2NC(=O)C12CCC2. The van der Waals surface area contributed by atoms with E-state index in [1.165, 1.54) is 0 Å². The van der Waals surface area contributed by atoms with Crippen LogP contribution in [-0.4, -0.2) is 18.5 Å². The van der Waals surface area contributed by atoms with Crippen molar-refractivity contribution in [2.45, 2.75) is 24.8 Å². The normalized spacial score (nSPS) is 21.4. The Labute approximate surface area is 99.4 Å². The summed E-state index contributed by atoms with van der Waals surface area (Å²) in [6.45, 7) is 0. The van der Waals surface area contributed by atoms with E-state index in [1.54, 1.807) is 6.07 Å². The lowest BCUT2D eigenvalue weighted by molar-refractivity contribution is -0.124. The van der Waals surface area contributed by atoms with E-state index in [0.29, 0.717) is 5.02 Å². The Morgan fingerprint density at radius 3 is 2.81 bits per heavy atom. The van der Waals surface area contributed by atoms with Gasteiger partial charge >= 0.3 is 0 Å². The standard InChI is InChI=1S/C12H13ClN2O/c1-15-10-4-3-8(13)7-9(10)14-11(16)12(15)5-2-6-12/h3-4,7H,2,5-6H2,1H3,(H,14,16). The minimum atomic E-state index is -0.305. The van der Waals surface area contributed by atoms with Crippen LogP contribution in [0.2, 0.25) is 5.02 Å². The van der Waals surface area contributed by atoms with E-state index in [9.17, 15) is 4.79 Å². The van der Waals surface area contributed by atoms with Gasteiger partial charge in [-0.3, -0.25) is 4.79 Å². The van der Waals surface area contributed by atoms with Crippen LogP contribution in [0.15, 0.2) is 18.2 Å². The zero-order chi connectivity index (χ0) is 11.3. The quantitative estimate of drug-likeness (QED) is 0.751. The first-order valence-corrected chi connectivity index (χ1v) is 5.86. The maximum absolute atomic E-state index is 12.1. The first kappa shape index (κ1) is 9.97. The molecule has 1 aliphatic heterocycles. The maximum Gasteiger partial charge on any atom is 0.250 e. The van der Waals surface area contributed by atoms with Gasteiger partial charge in [0.1, 0.15) is 5.54 Å². The van der Waals surface area contributed by atoms with Crippen LogP contribution in [-0.2, 0) is 4.79 Å². The molecule has 1 heterocycles. The summed E-state index contributed by atoms with van der Waals surface area (Å²) in [5, 5.41) is 3.61. The summed E-state index contributed by atoms with van der Waals surface area (Å²) in [7, 11) is 1.99. The number of hydrogen-bond donors (Lipinski definition) is 1. The van der Waals surface area contributed by atoms with Crippen molar-refractivity contribution < 1.29 is 4.79 Å². The smallest absolute Gasteiger partial charge is 0.250 e. The molecule has 1 aromatic rings. The van der Waals surface area contributed by atoms with Crippen molar-refractivity contribution >= 4 is 28.9 Å². The number of nitrogens with zero attached hydrogens (tertiary/aromatic N) is 1. The second-order valence-corrected chi connectivity index (χ2v) is 5.00. The maximum atomic E-state index is 12.1. The van der Waals surface area contributed by atoms with E-state index in [0.717, 1.165) is 30.6 Å². The minimum Gasteiger partial charge on any atom is -0.359 e. The molecule has 3 nitrogen and oxygen atoms in total. The monoisotopic (exact) mass is 236 g/mol. The number of fused-ring (bicyclic) bond motifs is 1. The van der Waals surface area contributed by atoms with Gasteiger partial charge in [-0.05, 0) is 37.5 Å². The summed E-state index contributed by atoms with van der Waals surface area (Å²) < 4.78 is 0. The Balaban J connectivity index is 2.10. The average molecular weight is 237 g/mol. The molecule has 4 heteroatoms. The van der Waals surface area contributed by atoms with Crippen LogP contribution in [0.1, 0.15) is 19.3 Å². The van der Waals surface area contributed by atoms with Crippen LogP contribution in [0.5, 0.6) is 0 Å². The fourth-order valence-corrected chi connectivity index (χ4v) is 2.77. The molecule has 16 heavy (non-hydrogen) atoms. The van der Waals surface area contributed by atoms with Gasteiger partial charge in [0.25, 0.3) is 0 Å². The molecule has 0 bridgehead atoms. The number of halogens is 1. The highest BCUT2D eigenvalue weighted by molar-refractivity contribution is 6.31. The van der Waals surface area contributed by atoms with E-state index >= 15 is 0 Å². The fraction of sp³-hybridized carbons (Fsp3) is 0.417. The van der Waals surface area contributed by atoms with Crippen molar-refractivity contribution in [1.29, 1.82) is 0 Å². The number of rotatable bonds is 0. The number of hydrogen-bond acceptors (Lipinski definition) is 2. The van der Waals surface area contributed by atoms with Gasteiger partial charge < -0.3 is 10.2 Å². The number of carbonyl (C=O) groups is 1. The van der Waals surface area contributed by atoms with E-state index in [-0.39, 0.29) is 11.4 Å². The summed E-state index contributed by atoms with van der Waals surface area (Å²) in [5.41, 5.74) is 1.57. The molecule has 1 saturated carbocycles. The molecule has 1 aliphatic carbocycles. The first-order valence-electron chi connectivity index (χ1n) is 5.48. The van der Waals surface area contributed by atoms with Crippen molar-refractivity contribution in [3.05, 3.63) is 23.2 Å². The zero-order valence-corrected chi connectivity index (χ0v) is 9.84. The van der Waals surface area contributed by atoms with Crippen LogP contribution in [0.3, 0.4) is 0 Å². The van der Waals surface area contributed by atoms with Crippen LogP contribution in [0.25, 0.3) is 0 Å². The number of carbonyl (C=O) groups excluding carboxylic acids is 1. The molecule has 1 aromatic carbocycles. The van der Waals surface area contributed by atoms with Crippen LogP contribution < -0.4 is 10.2 Å². The van der Waals surface area contributed by atoms with Gasteiger partial charge in [-0.1, -0.05) is 11.6 Å². The highest BCUT2D eigenvalue weighted by atomic mass is 35.5. The molecule has 3 rings (SSSR count). The molecular weight excluding hydrogens is 224 g/mol. The Morgan fingerprint density at radius 2 is 2.19 bits per heavy atom. The number of anilines is 2. The third-order valence-electron chi connectivity index (χ3n) is 3.81. The molecule has 1 spiro atoms. The van der Waals surface area contributed by atoms with Crippen molar-refractivity contribution in [2.75, 3.05) is 17.3 Å². The van der Waals surface area contributed by atoms with Gasteiger partial charge in [0, 0.05) is 12.1 Å². The van der Waals surface area contributed by atoms with Crippen LogP contribution >= 0.6 is 11.6 Å². The Kier molecular flexibility index (Phi) is 1.96. The lowest BCUT2D eigenvalue weighted by Gasteiger charge is -2.51. The van der Waals surface area contributed by atoms with E-state index in [4.69, 9.17) is 11.6 Å². The lowest BCUT2D eigenvalue weighted by Crippen LogP contribution is -2.62. The molecule has 2 aliphatic rings. The Morgan fingerprint density at radius 1 is 1.44 bits per heavy atom. The molecule has 0 unspecified atom stereocenters. The van der Waals surface area contributed by atoms with E-state index < -0.39 is 0 Å². The van der Waals surface area contributed by atoms with Gasteiger partial charge in [0.05, 0.1) is 11.4 Å². The van der Waals surface area contributed by atoms with Gasteiger partial charge in [-0.2, -0.15) is 0 Å². The number of nitrogens with one attached hydrogen (secondary N) is 1. The third-order valence-corrected chi connectivity index (χ3v) is 4.05. The number of amides is 1. The predicted octanol–water partition coefficient (Wildman–Crippen LogP) is 2.65. The van der Waals surface area contributed by atoms with Crippen LogP contribution in [0.4, 0.5) is 11.4 Å². The van der Waals surface area contributed by atoms with Gasteiger partial charge in [-0.15, -0.1) is 0 Å². The summed E-state index contributed by atoms with van der Waals surface area (Å²) >= 11 is 5.92. The van der Waals surface area contributed by atoms with Crippen molar-refractivity contribution in [3.8, 4) is 0 Å².